The maximum absolute atomic E-state index is 12.2. The lowest BCUT2D eigenvalue weighted by Gasteiger charge is -2.22. The number of nitrogens with one attached hydrogen (secondary N) is 1. The summed E-state index contributed by atoms with van der Waals surface area (Å²) in [6, 6.07) is 7.09. The first-order chi connectivity index (χ1) is 9.60. The molecule has 0 saturated carbocycles. The molecule has 20 heavy (non-hydrogen) atoms. The minimum atomic E-state index is -0.310. The molecule has 1 aromatic rings. The summed E-state index contributed by atoms with van der Waals surface area (Å²) < 4.78 is 5.36. The monoisotopic (exact) mass is 278 g/mol. The van der Waals surface area contributed by atoms with Gasteiger partial charge >= 0.3 is 0 Å². The van der Waals surface area contributed by atoms with Crippen molar-refractivity contribution in [3.8, 4) is 5.75 Å². The molecule has 2 atom stereocenters. The molecule has 0 aliphatic carbocycles. The maximum atomic E-state index is 12.2. The Kier molecular flexibility index (Phi) is 4.98. The Morgan fingerprint density at radius 3 is 2.75 bits per heavy atom. The van der Waals surface area contributed by atoms with E-state index in [2.05, 4.69) is 5.32 Å². The number of nitrogens with zero attached hydrogens (tertiary/aromatic N) is 1. The minimum absolute atomic E-state index is 0.0525. The van der Waals surface area contributed by atoms with Crippen LogP contribution in [0.15, 0.2) is 24.3 Å². The number of carbonyl (C=O) groups is 1. The highest BCUT2D eigenvalue weighted by molar-refractivity contribution is 5.94. The van der Waals surface area contributed by atoms with Crippen molar-refractivity contribution in [2.45, 2.75) is 32.4 Å². The van der Waals surface area contributed by atoms with Crippen LogP contribution < -0.4 is 10.1 Å². The van der Waals surface area contributed by atoms with Crippen LogP contribution in [-0.4, -0.2) is 47.8 Å². The molecule has 0 spiro atoms. The summed E-state index contributed by atoms with van der Waals surface area (Å²) in [7, 11) is 0. The van der Waals surface area contributed by atoms with Crippen LogP contribution in [0.2, 0.25) is 0 Å². The van der Waals surface area contributed by atoms with Gasteiger partial charge in [-0.3, -0.25) is 9.69 Å². The van der Waals surface area contributed by atoms with Gasteiger partial charge in [0.1, 0.15) is 5.75 Å². The normalized spacial score (nSPS) is 20.6. The number of likely N-dealkylation sites (tertiary alicyclic amines) is 1. The molecule has 2 N–H and O–H groups in total. The zero-order valence-electron chi connectivity index (χ0n) is 12.0. The van der Waals surface area contributed by atoms with Gasteiger partial charge in [0, 0.05) is 18.8 Å². The van der Waals surface area contributed by atoms with Crippen molar-refractivity contribution in [3.05, 3.63) is 24.3 Å². The fraction of sp³-hybridized carbons (Fsp3) is 0.533. The Morgan fingerprint density at radius 2 is 2.20 bits per heavy atom. The number of amides is 1. The molecule has 5 nitrogen and oxygen atoms in total. The Bertz CT molecular complexity index is 447. The summed E-state index contributed by atoms with van der Waals surface area (Å²) in [5.74, 6) is 0.740. The van der Waals surface area contributed by atoms with Gasteiger partial charge in [-0.25, -0.2) is 0 Å². The van der Waals surface area contributed by atoms with E-state index in [1.807, 2.05) is 43.0 Å². The van der Waals surface area contributed by atoms with Gasteiger partial charge < -0.3 is 15.2 Å². The van der Waals surface area contributed by atoms with E-state index in [-0.39, 0.29) is 18.1 Å². The third-order valence-corrected chi connectivity index (χ3v) is 3.55. The molecule has 110 valence electrons. The van der Waals surface area contributed by atoms with Crippen LogP contribution in [0.5, 0.6) is 5.75 Å². The molecular formula is C15H22N2O3. The molecule has 0 aromatic heterocycles. The molecule has 1 amide bonds. The van der Waals surface area contributed by atoms with E-state index in [0.717, 1.165) is 24.4 Å². The highest BCUT2D eigenvalue weighted by atomic mass is 16.5. The van der Waals surface area contributed by atoms with E-state index >= 15 is 0 Å². The average Bonchev–Trinajstić information content (AvgIpc) is 2.87. The third-order valence-electron chi connectivity index (χ3n) is 3.55. The SMILES string of the molecule is CCOc1ccc(NC(=O)C(C)N2CC[C@@H](O)C2)cc1. The van der Waals surface area contributed by atoms with Crippen LogP contribution in [0, 0.1) is 0 Å². The van der Waals surface area contributed by atoms with Crippen molar-refractivity contribution in [1.82, 2.24) is 4.90 Å². The first kappa shape index (κ1) is 14.8. The van der Waals surface area contributed by atoms with Gasteiger partial charge in [-0.05, 0) is 44.5 Å². The van der Waals surface area contributed by atoms with Crippen LogP contribution in [0.3, 0.4) is 0 Å². The van der Waals surface area contributed by atoms with Crippen molar-refractivity contribution >= 4 is 11.6 Å². The van der Waals surface area contributed by atoms with Gasteiger partial charge in [0.05, 0.1) is 18.8 Å². The van der Waals surface area contributed by atoms with Gasteiger partial charge in [-0.15, -0.1) is 0 Å². The van der Waals surface area contributed by atoms with Crippen molar-refractivity contribution < 1.29 is 14.6 Å². The van der Waals surface area contributed by atoms with E-state index in [1.165, 1.54) is 0 Å². The topological polar surface area (TPSA) is 61.8 Å². The molecule has 0 bridgehead atoms. The number of rotatable bonds is 5. The van der Waals surface area contributed by atoms with E-state index in [9.17, 15) is 9.90 Å². The molecule has 5 heteroatoms. The van der Waals surface area contributed by atoms with Crippen LogP contribution in [0.25, 0.3) is 0 Å². The molecule has 1 aliphatic rings. The van der Waals surface area contributed by atoms with Gasteiger partial charge in [0.2, 0.25) is 5.91 Å². The summed E-state index contributed by atoms with van der Waals surface area (Å²) in [4.78, 5) is 14.1. The molecule has 1 saturated heterocycles. The number of β-amino-alcohol motifs (C(OH)–C–C–N with tert-alkyl or cyclic N) is 1. The number of hydrogen-bond acceptors (Lipinski definition) is 4. The lowest BCUT2D eigenvalue weighted by atomic mass is 10.2. The van der Waals surface area contributed by atoms with Crippen LogP contribution in [0.4, 0.5) is 5.69 Å². The molecule has 1 aromatic carbocycles. The highest BCUT2D eigenvalue weighted by Gasteiger charge is 2.28. The van der Waals surface area contributed by atoms with Crippen LogP contribution in [-0.2, 0) is 4.79 Å². The van der Waals surface area contributed by atoms with Crippen molar-refractivity contribution in [1.29, 1.82) is 0 Å². The molecule has 1 unspecified atom stereocenters. The van der Waals surface area contributed by atoms with E-state index in [4.69, 9.17) is 4.74 Å². The number of ether oxygens (including phenoxy) is 1. The maximum Gasteiger partial charge on any atom is 0.241 e. The van der Waals surface area contributed by atoms with Gasteiger partial charge in [-0.1, -0.05) is 0 Å². The predicted octanol–water partition coefficient (Wildman–Crippen LogP) is 1.48. The zero-order valence-corrected chi connectivity index (χ0v) is 12.0. The fourth-order valence-electron chi connectivity index (χ4n) is 2.33. The van der Waals surface area contributed by atoms with Crippen LogP contribution in [0.1, 0.15) is 20.3 Å². The second-order valence-electron chi connectivity index (χ2n) is 5.06. The summed E-state index contributed by atoms with van der Waals surface area (Å²) in [6.07, 6.45) is 0.427. The van der Waals surface area contributed by atoms with Gasteiger partial charge in [-0.2, -0.15) is 0 Å². The molecule has 1 fully saturated rings. The van der Waals surface area contributed by atoms with E-state index in [0.29, 0.717) is 13.2 Å². The molecule has 2 rings (SSSR count). The Morgan fingerprint density at radius 1 is 1.50 bits per heavy atom. The molecule has 1 heterocycles. The first-order valence-corrected chi connectivity index (χ1v) is 7.06. The number of hydrogen-bond donors (Lipinski definition) is 2. The lowest BCUT2D eigenvalue weighted by molar-refractivity contribution is -0.120. The Balaban J connectivity index is 1.90. The van der Waals surface area contributed by atoms with E-state index < -0.39 is 0 Å². The number of aliphatic hydroxyl groups excluding tert-OH is 1. The second kappa shape index (κ2) is 6.72. The second-order valence-corrected chi connectivity index (χ2v) is 5.06. The largest absolute Gasteiger partial charge is 0.494 e. The van der Waals surface area contributed by atoms with Gasteiger partial charge in [0.25, 0.3) is 0 Å². The standard InChI is InChI=1S/C15H22N2O3/c1-3-20-14-6-4-12(5-7-14)16-15(19)11(2)17-9-8-13(18)10-17/h4-7,11,13,18H,3,8-10H2,1-2H3,(H,16,19)/t11?,13-/m1/s1. The van der Waals surface area contributed by atoms with E-state index in [1.54, 1.807) is 0 Å². The van der Waals surface area contributed by atoms with Crippen LogP contribution >= 0.6 is 0 Å². The molecule has 1 aliphatic heterocycles. The lowest BCUT2D eigenvalue weighted by Crippen LogP contribution is -2.41. The predicted molar refractivity (Wildman–Crippen MR) is 77.9 cm³/mol. The average molecular weight is 278 g/mol. The number of carbonyl (C=O) groups excluding carboxylic acids is 1. The summed E-state index contributed by atoms with van der Waals surface area (Å²) in [5, 5.41) is 12.4. The summed E-state index contributed by atoms with van der Waals surface area (Å²) in [5.41, 5.74) is 0.755. The highest BCUT2D eigenvalue weighted by Crippen LogP contribution is 2.17. The summed E-state index contributed by atoms with van der Waals surface area (Å²) in [6.45, 7) is 5.75. The number of aliphatic hydroxyl groups is 1. The fourth-order valence-corrected chi connectivity index (χ4v) is 2.33. The summed E-state index contributed by atoms with van der Waals surface area (Å²) >= 11 is 0. The zero-order chi connectivity index (χ0) is 14.5. The quantitative estimate of drug-likeness (QED) is 0.856. The first-order valence-electron chi connectivity index (χ1n) is 7.06. The van der Waals surface area contributed by atoms with Crippen molar-refractivity contribution in [2.24, 2.45) is 0 Å². The Labute approximate surface area is 119 Å². The number of benzene rings is 1. The van der Waals surface area contributed by atoms with Crippen molar-refractivity contribution in [3.63, 3.8) is 0 Å². The third kappa shape index (κ3) is 3.71. The minimum Gasteiger partial charge on any atom is -0.494 e. The Hall–Kier alpha value is -1.59. The smallest absolute Gasteiger partial charge is 0.241 e. The van der Waals surface area contributed by atoms with Crippen molar-refractivity contribution in [2.75, 3.05) is 25.0 Å². The molecular weight excluding hydrogens is 256 g/mol. The van der Waals surface area contributed by atoms with Gasteiger partial charge in [0.15, 0.2) is 0 Å². The number of anilines is 1. The molecule has 0 radical (unpaired) electrons.